The molecule has 0 unspecified atom stereocenters. The smallest absolute Gasteiger partial charge is 0.144 e. The number of anilines is 1. The second-order valence-corrected chi connectivity index (χ2v) is 3.25. The third-order valence-corrected chi connectivity index (χ3v) is 1.83. The molecule has 0 spiro atoms. The Morgan fingerprint density at radius 2 is 2.20 bits per heavy atom. The van der Waals surface area contributed by atoms with Crippen LogP contribution in [0.3, 0.4) is 0 Å². The van der Waals surface area contributed by atoms with Crippen LogP contribution in [0.15, 0.2) is 12.5 Å². The second kappa shape index (κ2) is 3.14. The van der Waals surface area contributed by atoms with Crippen molar-refractivity contribution in [1.82, 2.24) is 9.97 Å². The van der Waals surface area contributed by atoms with Crippen LogP contribution < -0.4 is 4.90 Å². The van der Waals surface area contributed by atoms with E-state index in [9.17, 15) is 0 Å². The normalized spacial score (nSPS) is 9.50. The molecule has 0 aliphatic rings. The van der Waals surface area contributed by atoms with Gasteiger partial charge in [0.1, 0.15) is 12.1 Å². The van der Waals surface area contributed by atoms with Crippen molar-refractivity contribution in [2.75, 3.05) is 19.0 Å². The maximum atomic E-state index is 4.09. The Morgan fingerprint density at radius 3 is 2.60 bits per heavy atom. The van der Waals surface area contributed by atoms with Gasteiger partial charge in [-0.3, -0.25) is 0 Å². The molecule has 0 atom stereocenters. The molecule has 3 nitrogen and oxygen atoms in total. The van der Waals surface area contributed by atoms with E-state index in [4.69, 9.17) is 0 Å². The molecule has 0 aliphatic heterocycles. The predicted molar refractivity (Wildman–Crippen MR) is 49.1 cm³/mol. The number of hydrogen-bond acceptors (Lipinski definition) is 3. The van der Waals surface area contributed by atoms with E-state index in [2.05, 4.69) is 32.6 Å². The van der Waals surface area contributed by atoms with Crippen LogP contribution in [0, 0.1) is 3.57 Å². The third-order valence-electron chi connectivity index (χ3n) is 1.07. The van der Waals surface area contributed by atoms with E-state index in [0.717, 1.165) is 9.39 Å². The SMILES string of the molecule is CN(C)c1ncncc1I. The molecule has 0 aliphatic carbocycles. The van der Waals surface area contributed by atoms with Gasteiger partial charge in [-0.15, -0.1) is 0 Å². The summed E-state index contributed by atoms with van der Waals surface area (Å²) in [7, 11) is 3.93. The molecule has 0 saturated carbocycles. The summed E-state index contributed by atoms with van der Waals surface area (Å²) in [6.07, 6.45) is 3.35. The average Bonchev–Trinajstić information content (AvgIpc) is 1.88. The number of halogens is 1. The van der Waals surface area contributed by atoms with Crippen molar-refractivity contribution < 1.29 is 0 Å². The van der Waals surface area contributed by atoms with Crippen molar-refractivity contribution in [2.45, 2.75) is 0 Å². The number of rotatable bonds is 1. The van der Waals surface area contributed by atoms with Crippen LogP contribution in [0.5, 0.6) is 0 Å². The van der Waals surface area contributed by atoms with Gasteiger partial charge >= 0.3 is 0 Å². The lowest BCUT2D eigenvalue weighted by Gasteiger charge is -2.11. The van der Waals surface area contributed by atoms with Crippen LogP contribution in [-0.4, -0.2) is 24.1 Å². The third kappa shape index (κ3) is 1.56. The van der Waals surface area contributed by atoms with E-state index in [1.807, 2.05) is 19.0 Å². The van der Waals surface area contributed by atoms with Crippen LogP contribution in [0.4, 0.5) is 5.82 Å². The summed E-state index contributed by atoms with van der Waals surface area (Å²) in [4.78, 5) is 9.93. The van der Waals surface area contributed by atoms with Gasteiger partial charge in [-0.25, -0.2) is 9.97 Å². The van der Waals surface area contributed by atoms with Crippen LogP contribution >= 0.6 is 22.6 Å². The van der Waals surface area contributed by atoms with Gasteiger partial charge in [-0.2, -0.15) is 0 Å². The largest absolute Gasteiger partial charge is 0.362 e. The summed E-state index contributed by atoms with van der Waals surface area (Å²) in [5, 5.41) is 0. The maximum Gasteiger partial charge on any atom is 0.144 e. The molecular formula is C6H8IN3. The zero-order valence-electron chi connectivity index (χ0n) is 5.87. The summed E-state index contributed by atoms with van der Waals surface area (Å²) in [5.41, 5.74) is 0. The quantitative estimate of drug-likeness (QED) is 0.699. The van der Waals surface area contributed by atoms with Crippen molar-refractivity contribution in [3.63, 3.8) is 0 Å². The Labute approximate surface area is 73.6 Å². The summed E-state index contributed by atoms with van der Waals surface area (Å²) in [6.45, 7) is 0. The highest BCUT2D eigenvalue weighted by atomic mass is 127. The molecule has 1 rings (SSSR count). The molecule has 0 radical (unpaired) electrons. The van der Waals surface area contributed by atoms with Crippen LogP contribution in [0.1, 0.15) is 0 Å². The van der Waals surface area contributed by atoms with E-state index >= 15 is 0 Å². The van der Waals surface area contributed by atoms with Crippen LogP contribution in [0.25, 0.3) is 0 Å². The molecule has 0 N–H and O–H groups in total. The van der Waals surface area contributed by atoms with Gasteiger partial charge in [0, 0.05) is 20.3 Å². The fourth-order valence-electron chi connectivity index (χ4n) is 0.635. The van der Waals surface area contributed by atoms with Gasteiger partial charge in [-0.1, -0.05) is 0 Å². The first kappa shape index (κ1) is 7.71. The monoisotopic (exact) mass is 249 g/mol. The molecule has 0 saturated heterocycles. The first-order valence-corrected chi connectivity index (χ1v) is 3.92. The highest BCUT2D eigenvalue weighted by Crippen LogP contribution is 2.14. The lowest BCUT2D eigenvalue weighted by Crippen LogP contribution is -2.12. The molecule has 1 aromatic rings. The Morgan fingerprint density at radius 1 is 1.50 bits per heavy atom. The average molecular weight is 249 g/mol. The predicted octanol–water partition coefficient (Wildman–Crippen LogP) is 1.15. The Kier molecular flexibility index (Phi) is 2.42. The molecule has 4 heteroatoms. The zero-order valence-corrected chi connectivity index (χ0v) is 8.03. The standard InChI is InChI=1S/C6H8IN3/c1-10(2)6-5(7)3-8-4-9-6/h3-4H,1-2H3. The second-order valence-electron chi connectivity index (χ2n) is 2.09. The van der Waals surface area contributed by atoms with Crippen LogP contribution in [0.2, 0.25) is 0 Å². The van der Waals surface area contributed by atoms with E-state index in [1.54, 1.807) is 12.5 Å². The Hall–Kier alpha value is -0.390. The van der Waals surface area contributed by atoms with Gasteiger partial charge in [-0.05, 0) is 22.6 Å². The fraction of sp³-hybridized carbons (Fsp3) is 0.333. The molecule has 54 valence electrons. The first-order chi connectivity index (χ1) is 4.72. The molecule has 0 amide bonds. The summed E-state index contributed by atoms with van der Waals surface area (Å²) in [6, 6.07) is 0. The van der Waals surface area contributed by atoms with Gasteiger partial charge < -0.3 is 4.90 Å². The molecule has 0 aromatic carbocycles. The van der Waals surface area contributed by atoms with E-state index < -0.39 is 0 Å². The van der Waals surface area contributed by atoms with E-state index in [0.29, 0.717) is 0 Å². The molecular weight excluding hydrogens is 241 g/mol. The number of hydrogen-bond donors (Lipinski definition) is 0. The highest BCUT2D eigenvalue weighted by molar-refractivity contribution is 14.1. The van der Waals surface area contributed by atoms with Crippen molar-refractivity contribution in [1.29, 1.82) is 0 Å². The molecule has 10 heavy (non-hydrogen) atoms. The molecule has 0 bridgehead atoms. The highest BCUT2D eigenvalue weighted by Gasteiger charge is 2.00. The summed E-state index contributed by atoms with van der Waals surface area (Å²) < 4.78 is 1.07. The minimum atomic E-state index is 0.968. The molecule has 0 fully saturated rings. The zero-order chi connectivity index (χ0) is 7.56. The van der Waals surface area contributed by atoms with E-state index in [-0.39, 0.29) is 0 Å². The van der Waals surface area contributed by atoms with Crippen molar-refractivity contribution >= 4 is 28.4 Å². The van der Waals surface area contributed by atoms with Crippen LogP contribution in [-0.2, 0) is 0 Å². The number of nitrogens with zero attached hydrogens (tertiary/aromatic N) is 3. The molecule has 1 aromatic heterocycles. The lowest BCUT2D eigenvalue weighted by molar-refractivity contribution is 1.02. The van der Waals surface area contributed by atoms with Gasteiger partial charge in [0.25, 0.3) is 0 Å². The Bertz CT molecular complexity index is 224. The summed E-state index contributed by atoms with van der Waals surface area (Å²) in [5.74, 6) is 0.968. The summed E-state index contributed by atoms with van der Waals surface area (Å²) >= 11 is 2.21. The maximum absolute atomic E-state index is 4.09. The Balaban J connectivity index is 3.03. The minimum absolute atomic E-state index is 0.968. The number of aromatic nitrogens is 2. The van der Waals surface area contributed by atoms with Gasteiger partial charge in [0.2, 0.25) is 0 Å². The van der Waals surface area contributed by atoms with Crippen molar-refractivity contribution in [3.05, 3.63) is 16.1 Å². The van der Waals surface area contributed by atoms with Gasteiger partial charge in [0.15, 0.2) is 0 Å². The van der Waals surface area contributed by atoms with E-state index in [1.165, 1.54) is 0 Å². The topological polar surface area (TPSA) is 29.0 Å². The lowest BCUT2D eigenvalue weighted by atomic mass is 10.5. The van der Waals surface area contributed by atoms with Gasteiger partial charge in [0.05, 0.1) is 3.57 Å². The fourth-order valence-corrected chi connectivity index (χ4v) is 1.42. The minimum Gasteiger partial charge on any atom is -0.362 e. The first-order valence-electron chi connectivity index (χ1n) is 2.84. The van der Waals surface area contributed by atoms with Crippen molar-refractivity contribution in [2.24, 2.45) is 0 Å². The molecule has 1 heterocycles. The van der Waals surface area contributed by atoms with Crippen molar-refractivity contribution in [3.8, 4) is 0 Å².